The van der Waals surface area contributed by atoms with Gasteiger partial charge in [-0.25, -0.2) is 0 Å². The molecule has 0 aromatic heterocycles. The maximum Gasteiger partial charge on any atom is 0.0951 e. The molecule has 0 aliphatic heterocycles. The highest BCUT2D eigenvalue weighted by Gasteiger charge is 2.12. The maximum absolute atomic E-state index is 2.77. The van der Waals surface area contributed by atoms with Crippen LogP contribution in [0.4, 0.5) is 0 Å². The van der Waals surface area contributed by atoms with Gasteiger partial charge in [0.25, 0.3) is 0 Å². The van der Waals surface area contributed by atoms with E-state index in [9.17, 15) is 0 Å². The Balaban J connectivity index is 3.82. The van der Waals surface area contributed by atoms with Crippen molar-refractivity contribution in [3.63, 3.8) is 0 Å². The van der Waals surface area contributed by atoms with Crippen LogP contribution in [0.15, 0.2) is 0 Å². The first-order chi connectivity index (χ1) is 8.60. The van der Waals surface area contributed by atoms with Gasteiger partial charge in [0, 0.05) is 0 Å². The molecule has 0 heterocycles. The van der Waals surface area contributed by atoms with Crippen molar-refractivity contribution in [3.05, 3.63) is 0 Å². The Kier molecular flexibility index (Phi) is 11.4. The number of rotatable bonds is 11. The molecule has 2 atom stereocenters. The summed E-state index contributed by atoms with van der Waals surface area (Å²) in [6.45, 7) is 16.6. The molecule has 2 nitrogen and oxygen atoms in total. The summed E-state index contributed by atoms with van der Waals surface area (Å²) in [6.07, 6.45) is 2.62. The van der Waals surface area contributed by atoms with Crippen molar-refractivity contribution in [1.82, 2.24) is 9.13 Å². The third-order valence-corrected chi connectivity index (χ3v) is 10.3. The fourth-order valence-corrected chi connectivity index (χ4v) is 7.16. The van der Waals surface area contributed by atoms with Crippen LogP contribution in [0.5, 0.6) is 0 Å². The third kappa shape index (κ3) is 7.07. The number of hydrogen-bond acceptors (Lipinski definition) is 2. The van der Waals surface area contributed by atoms with E-state index in [2.05, 4.69) is 50.7 Å². The van der Waals surface area contributed by atoms with Gasteiger partial charge in [-0.15, -0.1) is 0 Å². The average Bonchev–Trinajstić information content (AvgIpc) is 2.41. The predicted molar refractivity (Wildman–Crippen MR) is 91.0 cm³/mol. The van der Waals surface area contributed by atoms with Crippen LogP contribution in [0, 0.1) is 0 Å². The molecule has 0 aromatic carbocycles. The molecule has 0 saturated heterocycles. The molecule has 0 rings (SSSR count). The van der Waals surface area contributed by atoms with Crippen molar-refractivity contribution in [3.8, 4) is 0 Å². The van der Waals surface area contributed by atoms with Crippen LogP contribution in [0.25, 0.3) is 0 Å². The Morgan fingerprint density at radius 3 is 1.28 bits per heavy atom. The summed E-state index contributed by atoms with van der Waals surface area (Å²) in [7, 11) is 0.0535. The molecule has 0 radical (unpaired) electrons. The second kappa shape index (κ2) is 11.2. The van der Waals surface area contributed by atoms with Gasteiger partial charge in [0.1, 0.15) is 0 Å². The zero-order chi connectivity index (χ0) is 14.0. The van der Waals surface area contributed by atoms with Gasteiger partial charge in [0.15, 0.2) is 0 Å². The van der Waals surface area contributed by atoms with E-state index in [1.165, 1.54) is 38.0 Å². The summed E-state index contributed by atoms with van der Waals surface area (Å²) in [5, 5.41) is 0. The van der Waals surface area contributed by atoms with Gasteiger partial charge < -0.3 is 9.13 Å². The Labute approximate surface area is 120 Å². The van der Waals surface area contributed by atoms with Gasteiger partial charge in [-0.3, -0.25) is 0 Å². The third-order valence-electron chi connectivity index (χ3n) is 4.38. The largest absolute Gasteiger partial charge is 0.327 e. The minimum Gasteiger partial charge on any atom is -0.327 e. The molecule has 0 fully saturated rings. The first-order valence-electron chi connectivity index (χ1n) is 8.08. The van der Waals surface area contributed by atoms with Crippen LogP contribution in [0.3, 0.4) is 0 Å². The van der Waals surface area contributed by atoms with Gasteiger partial charge in [-0.1, -0.05) is 53.6 Å². The first-order valence-corrected chi connectivity index (χ1v) is 11.3. The van der Waals surface area contributed by atoms with E-state index in [1.54, 1.807) is 0 Å². The van der Waals surface area contributed by atoms with Crippen molar-refractivity contribution in [2.75, 3.05) is 13.1 Å². The Bertz CT molecular complexity index is 171. The van der Waals surface area contributed by atoms with Crippen molar-refractivity contribution >= 4 is 19.4 Å². The quantitative estimate of drug-likeness (QED) is 0.425. The standard InChI is InChI=1S/C14H36N2Si2/c1-7-13(5)15(9-3)17-11-12-18-16(10-4)14(6)8-2/h13-14H,7-12,17-18H2,1-6H3. The minimum absolute atomic E-state index is 0.0267. The molecule has 2 unspecified atom stereocenters. The SMILES string of the molecule is CCC(C)N(CC)[SiH2]CC[SiH2]N(CC)C(C)CC. The maximum atomic E-state index is 2.77. The zero-order valence-corrected chi connectivity index (χ0v) is 16.5. The summed E-state index contributed by atoms with van der Waals surface area (Å²) in [5.41, 5.74) is 0. The van der Waals surface area contributed by atoms with Crippen LogP contribution >= 0.6 is 0 Å². The average molecular weight is 289 g/mol. The highest BCUT2D eigenvalue weighted by molar-refractivity contribution is 6.38. The second-order valence-corrected chi connectivity index (χ2v) is 9.41. The van der Waals surface area contributed by atoms with Crippen LogP contribution in [0.1, 0.15) is 54.4 Å². The summed E-state index contributed by atoms with van der Waals surface area (Å²) < 4.78 is 5.54. The fourth-order valence-electron chi connectivity index (χ4n) is 2.53. The van der Waals surface area contributed by atoms with E-state index in [0.29, 0.717) is 0 Å². The van der Waals surface area contributed by atoms with E-state index >= 15 is 0 Å². The van der Waals surface area contributed by atoms with Crippen molar-refractivity contribution in [1.29, 1.82) is 0 Å². The molecule has 0 aliphatic carbocycles. The smallest absolute Gasteiger partial charge is 0.0951 e. The Morgan fingerprint density at radius 1 is 0.722 bits per heavy atom. The molecule has 0 N–H and O–H groups in total. The van der Waals surface area contributed by atoms with E-state index in [0.717, 1.165) is 12.1 Å². The van der Waals surface area contributed by atoms with Crippen molar-refractivity contribution < 1.29 is 0 Å². The summed E-state index contributed by atoms with van der Waals surface area (Å²) in [5.74, 6) is 0. The van der Waals surface area contributed by atoms with Gasteiger partial charge in [-0.2, -0.15) is 0 Å². The number of hydrogen-bond donors (Lipinski definition) is 0. The van der Waals surface area contributed by atoms with Crippen LogP contribution in [-0.4, -0.2) is 53.7 Å². The van der Waals surface area contributed by atoms with Gasteiger partial charge in [-0.05, 0) is 38.0 Å². The van der Waals surface area contributed by atoms with Crippen LogP contribution in [-0.2, 0) is 0 Å². The highest BCUT2D eigenvalue weighted by Crippen LogP contribution is 2.07. The lowest BCUT2D eigenvalue weighted by Gasteiger charge is -2.29. The Morgan fingerprint density at radius 2 is 1.06 bits per heavy atom. The lowest BCUT2D eigenvalue weighted by molar-refractivity contribution is 0.352. The van der Waals surface area contributed by atoms with E-state index in [4.69, 9.17) is 0 Å². The highest BCUT2D eigenvalue weighted by atomic mass is 28.2. The lowest BCUT2D eigenvalue weighted by Crippen LogP contribution is -2.38. The molecule has 18 heavy (non-hydrogen) atoms. The molecule has 0 aliphatic rings. The molecule has 110 valence electrons. The topological polar surface area (TPSA) is 6.48 Å². The van der Waals surface area contributed by atoms with Gasteiger partial charge >= 0.3 is 0 Å². The van der Waals surface area contributed by atoms with Crippen LogP contribution < -0.4 is 0 Å². The van der Waals surface area contributed by atoms with Crippen LogP contribution in [0.2, 0.25) is 12.1 Å². The minimum atomic E-state index is 0.0267. The van der Waals surface area contributed by atoms with E-state index < -0.39 is 0 Å². The first kappa shape index (κ1) is 18.4. The molecular formula is C14H36N2Si2. The summed E-state index contributed by atoms with van der Waals surface area (Å²) >= 11 is 0. The molecule has 4 heteroatoms. The summed E-state index contributed by atoms with van der Waals surface area (Å²) in [6, 6.07) is 4.72. The monoisotopic (exact) mass is 288 g/mol. The molecule has 0 amide bonds. The normalized spacial score (nSPS) is 16.7. The van der Waals surface area contributed by atoms with E-state index in [1.807, 2.05) is 0 Å². The molecule has 0 aromatic rings. The predicted octanol–water partition coefficient (Wildman–Crippen LogP) is 2.23. The van der Waals surface area contributed by atoms with Gasteiger partial charge in [0.05, 0.1) is 19.4 Å². The second-order valence-electron chi connectivity index (χ2n) is 5.48. The van der Waals surface area contributed by atoms with Gasteiger partial charge in [0.2, 0.25) is 0 Å². The summed E-state index contributed by atoms with van der Waals surface area (Å²) in [4.78, 5) is 0. The van der Waals surface area contributed by atoms with Crippen molar-refractivity contribution in [2.24, 2.45) is 0 Å². The fraction of sp³-hybridized carbons (Fsp3) is 1.00. The molecule has 0 spiro atoms. The Hall–Kier alpha value is 0.354. The molecule has 0 saturated carbocycles. The number of nitrogens with zero attached hydrogens (tertiary/aromatic N) is 2. The zero-order valence-electron chi connectivity index (χ0n) is 13.7. The van der Waals surface area contributed by atoms with Crippen molar-refractivity contribution in [2.45, 2.75) is 78.6 Å². The lowest BCUT2D eigenvalue weighted by atomic mass is 10.3. The molecule has 0 bridgehead atoms. The molecular weight excluding hydrogens is 252 g/mol. The van der Waals surface area contributed by atoms with E-state index in [-0.39, 0.29) is 19.4 Å².